The first-order valence-corrected chi connectivity index (χ1v) is 9.85. The van der Waals surface area contributed by atoms with Crippen LogP contribution in [0.15, 0.2) is 58.2 Å². The number of nitrogens with one attached hydrogen (secondary N) is 2. The summed E-state index contributed by atoms with van der Waals surface area (Å²) in [6, 6.07) is 13.1. The van der Waals surface area contributed by atoms with Crippen molar-refractivity contribution in [2.75, 3.05) is 10.7 Å². The number of amides is 1. The molecule has 0 saturated carbocycles. The summed E-state index contributed by atoms with van der Waals surface area (Å²) in [7, 11) is 0. The minimum Gasteiger partial charge on any atom is -0.325 e. The number of carbonyl (C=O) groups excluding carboxylic acids is 1. The summed E-state index contributed by atoms with van der Waals surface area (Å²) in [4.78, 5) is 13.0. The van der Waals surface area contributed by atoms with Gasteiger partial charge in [0.1, 0.15) is 16.9 Å². The number of aryl methyl sites for hydroxylation is 1. The summed E-state index contributed by atoms with van der Waals surface area (Å²) in [6.45, 7) is 1.83. The van der Waals surface area contributed by atoms with Gasteiger partial charge in [-0.3, -0.25) is 4.79 Å². The SMILES string of the molecule is Cc1nnc2n1N[C@H](c1ccc(F)cc1)[C@H](C(=O)Nc1ccc(Br)cc1)S2. The highest BCUT2D eigenvalue weighted by Crippen LogP contribution is 2.37. The summed E-state index contributed by atoms with van der Waals surface area (Å²) >= 11 is 4.71. The molecule has 1 amide bonds. The molecule has 2 heterocycles. The molecular formula is C18H15BrFN5OS. The van der Waals surface area contributed by atoms with Crippen molar-refractivity contribution in [3.63, 3.8) is 0 Å². The van der Waals surface area contributed by atoms with Crippen LogP contribution in [0.5, 0.6) is 0 Å². The van der Waals surface area contributed by atoms with Crippen LogP contribution >= 0.6 is 27.7 Å². The van der Waals surface area contributed by atoms with Gasteiger partial charge in [0.2, 0.25) is 11.1 Å². The Balaban J connectivity index is 1.65. The smallest absolute Gasteiger partial charge is 0.240 e. The Morgan fingerprint density at radius 1 is 1.19 bits per heavy atom. The van der Waals surface area contributed by atoms with Crippen LogP contribution in [0.4, 0.5) is 10.1 Å². The van der Waals surface area contributed by atoms with E-state index in [9.17, 15) is 9.18 Å². The first-order chi connectivity index (χ1) is 13.0. The van der Waals surface area contributed by atoms with Crippen molar-refractivity contribution in [1.82, 2.24) is 14.9 Å². The quantitative estimate of drug-likeness (QED) is 0.637. The standard InChI is InChI=1S/C18H15BrFN5OS/c1-10-22-23-18-25(10)24-15(11-2-6-13(20)7-3-11)16(27-18)17(26)21-14-8-4-12(19)5-9-14/h2-9,15-16,24H,1H3,(H,21,26)/t15-,16-/m1/s1. The highest BCUT2D eigenvalue weighted by atomic mass is 79.9. The molecule has 6 nitrogen and oxygen atoms in total. The molecule has 4 rings (SSSR count). The fourth-order valence-electron chi connectivity index (χ4n) is 2.83. The number of carbonyl (C=O) groups is 1. The number of anilines is 1. The second-order valence-electron chi connectivity index (χ2n) is 6.06. The summed E-state index contributed by atoms with van der Waals surface area (Å²) in [5.74, 6) is 0.201. The third-order valence-corrected chi connectivity index (χ3v) is 5.94. The van der Waals surface area contributed by atoms with Gasteiger partial charge in [0.25, 0.3) is 0 Å². The fourth-order valence-corrected chi connectivity index (χ4v) is 4.22. The first-order valence-electron chi connectivity index (χ1n) is 8.18. The molecule has 0 unspecified atom stereocenters. The molecule has 9 heteroatoms. The lowest BCUT2D eigenvalue weighted by Crippen LogP contribution is -2.41. The van der Waals surface area contributed by atoms with Crippen molar-refractivity contribution in [2.45, 2.75) is 23.4 Å². The Morgan fingerprint density at radius 3 is 2.59 bits per heavy atom. The molecule has 1 aromatic heterocycles. The maximum absolute atomic E-state index is 13.3. The van der Waals surface area contributed by atoms with Crippen LogP contribution in [-0.4, -0.2) is 26.0 Å². The number of nitrogens with zero attached hydrogens (tertiary/aromatic N) is 3. The van der Waals surface area contributed by atoms with Crippen LogP contribution in [-0.2, 0) is 4.79 Å². The van der Waals surface area contributed by atoms with Crippen molar-refractivity contribution >= 4 is 39.3 Å². The molecule has 0 saturated heterocycles. The molecule has 2 aromatic carbocycles. The molecule has 2 atom stereocenters. The number of hydrogen-bond donors (Lipinski definition) is 2. The van der Waals surface area contributed by atoms with Crippen molar-refractivity contribution < 1.29 is 9.18 Å². The van der Waals surface area contributed by atoms with Crippen molar-refractivity contribution in [1.29, 1.82) is 0 Å². The van der Waals surface area contributed by atoms with E-state index in [-0.39, 0.29) is 17.8 Å². The van der Waals surface area contributed by atoms with Gasteiger partial charge in [0, 0.05) is 10.2 Å². The van der Waals surface area contributed by atoms with E-state index in [1.807, 2.05) is 31.2 Å². The highest BCUT2D eigenvalue weighted by molar-refractivity contribution is 9.10. The van der Waals surface area contributed by atoms with Gasteiger partial charge in [0.05, 0.1) is 6.04 Å². The maximum Gasteiger partial charge on any atom is 0.240 e. The molecule has 27 heavy (non-hydrogen) atoms. The average Bonchev–Trinajstić information content (AvgIpc) is 3.03. The second-order valence-corrected chi connectivity index (χ2v) is 8.08. The highest BCUT2D eigenvalue weighted by Gasteiger charge is 2.37. The summed E-state index contributed by atoms with van der Waals surface area (Å²) in [6.07, 6.45) is 0. The third kappa shape index (κ3) is 3.70. The predicted molar refractivity (Wildman–Crippen MR) is 106 cm³/mol. The molecule has 0 spiro atoms. The number of benzene rings is 2. The van der Waals surface area contributed by atoms with E-state index >= 15 is 0 Å². The molecule has 1 aliphatic rings. The molecule has 0 bridgehead atoms. The molecule has 2 N–H and O–H groups in total. The Morgan fingerprint density at radius 2 is 1.89 bits per heavy atom. The van der Waals surface area contributed by atoms with Crippen LogP contribution in [0.25, 0.3) is 0 Å². The van der Waals surface area contributed by atoms with Crippen LogP contribution < -0.4 is 10.7 Å². The van der Waals surface area contributed by atoms with Gasteiger partial charge >= 0.3 is 0 Å². The number of aromatic nitrogens is 3. The van der Waals surface area contributed by atoms with E-state index in [4.69, 9.17) is 0 Å². The third-order valence-electron chi connectivity index (χ3n) is 4.20. The molecule has 138 valence electrons. The van der Waals surface area contributed by atoms with E-state index in [0.717, 1.165) is 10.0 Å². The maximum atomic E-state index is 13.3. The van der Waals surface area contributed by atoms with Gasteiger partial charge < -0.3 is 10.7 Å². The zero-order valence-electron chi connectivity index (χ0n) is 14.2. The number of rotatable bonds is 3. The van der Waals surface area contributed by atoms with E-state index in [1.54, 1.807) is 16.8 Å². The van der Waals surface area contributed by atoms with Gasteiger partial charge in [0.15, 0.2) is 0 Å². The summed E-state index contributed by atoms with van der Waals surface area (Å²) in [5.41, 5.74) is 4.79. The average molecular weight is 448 g/mol. The Hall–Kier alpha value is -2.39. The molecule has 3 aromatic rings. The zero-order valence-corrected chi connectivity index (χ0v) is 16.6. The number of halogens is 2. The topological polar surface area (TPSA) is 71.8 Å². The number of fused-ring (bicyclic) bond motifs is 1. The minimum absolute atomic E-state index is 0.170. The molecular weight excluding hydrogens is 433 g/mol. The summed E-state index contributed by atoms with van der Waals surface area (Å²) in [5, 5.41) is 11.2. The fraction of sp³-hybridized carbons (Fsp3) is 0.167. The van der Waals surface area contributed by atoms with Crippen LogP contribution in [0.1, 0.15) is 17.4 Å². The van der Waals surface area contributed by atoms with E-state index < -0.39 is 5.25 Å². The van der Waals surface area contributed by atoms with E-state index in [0.29, 0.717) is 16.7 Å². The number of hydrogen-bond acceptors (Lipinski definition) is 5. The van der Waals surface area contributed by atoms with E-state index in [1.165, 1.54) is 23.9 Å². The van der Waals surface area contributed by atoms with Gasteiger partial charge in [-0.05, 0) is 48.9 Å². The predicted octanol–water partition coefficient (Wildman–Crippen LogP) is 3.89. The first kappa shape index (κ1) is 18.0. The minimum atomic E-state index is -0.504. The number of thioether (sulfide) groups is 1. The normalized spacial score (nSPS) is 18.5. The van der Waals surface area contributed by atoms with Crippen molar-refractivity contribution in [3.05, 3.63) is 70.2 Å². The summed E-state index contributed by atoms with van der Waals surface area (Å²) < 4.78 is 16.0. The monoisotopic (exact) mass is 447 g/mol. The van der Waals surface area contributed by atoms with Crippen LogP contribution in [0.3, 0.4) is 0 Å². The van der Waals surface area contributed by atoms with Gasteiger partial charge in [-0.1, -0.05) is 39.8 Å². The lowest BCUT2D eigenvalue weighted by atomic mass is 10.0. The lowest BCUT2D eigenvalue weighted by molar-refractivity contribution is -0.116. The Bertz CT molecular complexity index is 976. The molecule has 0 radical (unpaired) electrons. The zero-order chi connectivity index (χ0) is 19.0. The van der Waals surface area contributed by atoms with E-state index in [2.05, 4.69) is 36.9 Å². The van der Waals surface area contributed by atoms with Gasteiger partial charge in [-0.15, -0.1) is 10.2 Å². The Labute approximate surface area is 167 Å². The second kappa shape index (κ2) is 7.32. The van der Waals surface area contributed by atoms with Crippen LogP contribution in [0, 0.1) is 12.7 Å². The van der Waals surface area contributed by atoms with Gasteiger partial charge in [-0.2, -0.15) is 0 Å². The molecule has 1 aliphatic heterocycles. The molecule has 0 fully saturated rings. The van der Waals surface area contributed by atoms with Crippen molar-refractivity contribution in [3.8, 4) is 0 Å². The molecule has 0 aliphatic carbocycles. The van der Waals surface area contributed by atoms with Crippen molar-refractivity contribution in [2.24, 2.45) is 0 Å². The largest absolute Gasteiger partial charge is 0.325 e. The van der Waals surface area contributed by atoms with Gasteiger partial charge in [-0.25, -0.2) is 9.07 Å². The van der Waals surface area contributed by atoms with Crippen LogP contribution in [0.2, 0.25) is 0 Å². The Kier molecular flexibility index (Phi) is 4.88. The lowest BCUT2D eigenvalue weighted by Gasteiger charge is -2.32.